The Hall–Kier alpha value is -0.570. The van der Waals surface area contributed by atoms with Gasteiger partial charge in [0.1, 0.15) is 0 Å². The lowest BCUT2D eigenvalue weighted by Gasteiger charge is -2.25. The van der Waals surface area contributed by atoms with Crippen molar-refractivity contribution < 1.29 is 9.53 Å². The summed E-state index contributed by atoms with van der Waals surface area (Å²) in [7, 11) is 0. The van der Waals surface area contributed by atoms with E-state index in [2.05, 4.69) is 25.7 Å². The molecule has 0 heterocycles. The first kappa shape index (κ1) is 12.5. The topological polar surface area (TPSA) is 29.5 Å². The second kappa shape index (κ2) is 5.50. The zero-order valence-electron chi connectivity index (χ0n) is 10.3. The normalized spacial score (nSPS) is 24.7. The van der Waals surface area contributed by atoms with Gasteiger partial charge in [-0.3, -0.25) is 9.69 Å². The van der Waals surface area contributed by atoms with Gasteiger partial charge in [0, 0.05) is 12.6 Å². The van der Waals surface area contributed by atoms with Crippen LogP contribution in [0.5, 0.6) is 0 Å². The molecule has 0 bridgehead atoms. The highest BCUT2D eigenvalue weighted by atomic mass is 16.5. The average Bonchev–Trinajstić information content (AvgIpc) is 2.81. The van der Waals surface area contributed by atoms with Crippen molar-refractivity contribution in [3.8, 4) is 0 Å². The number of carbonyl (C=O) groups is 1. The van der Waals surface area contributed by atoms with E-state index in [-0.39, 0.29) is 5.97 Å². The summed E-state index contributed by atoms with van der Waals surface area (Å²) in [6.07, 6.45) is 1.31. The molecule has 2 atom stereocenters. The predicted octanol–water partition coefficient (Wildman–Crippen LogP) is 1.92. The molecule has 1 saturated carbocycles. The molecule has 0 aromatic carbocycles. The maximum Gasteiger partial charge on any atom is 0.320 e. The third-order valence-electron chi connectivity index (χ3n) is 3.11. The molecule has 1 aliphatic carbocycles. The minimum absolute atomic E-state index is 0.0977. The monoisotopic (exact) mass is 213 g/mol. The first-order chi connectivity index (χ1) is 7.04. The second-order valence-corrected chi connectivity index (χ2v) is 4.80. The standard InChI is InChI=1S/C12H23NO2/c1-5-15-12(14)8-13(9(2)3)7-11-6-10(11)4/h9-11H,5-8H2,1-4H3. The van der Waals surface area contributed by atoms with Crippen molar-refractivity contribution in [2.75, 3.05) is 19.7 Å². The summed E-state index contributed by atoms with van der Waals surface area (Å²) >= 11 is 0. The number of hydrogen-bond donors (Lipinski definition) is 0. The summed E-state index contributed by atoms with van der Waals surface area (Å²) in [5, 5.41) is 0. The molecule has 0 aromatic heterocycles. The lowest BCUT2D eigenvalue weighted by Crippen LogP contribution is -2.38. The zero-order valence-corrected chi connectivity index (χ0v) is 10.3. The van der Waals surface area contributed by atoms with Gasteiger partial charge in [0.25, 0.3) is 0 Å². The summed E-state index contributed by atoms with van der Waals surface area (Å²) in [6, 6.07) is 0.419. The van der Waals surface area contributed by atoms with E-state index in [1.807, 2.05) is 6.92 Å². The molecule has 1 fully saturated rings. The smallest absolute Gasteiger partial charge is 0.320 e. The Morgan fingerprint density at radius 3 is 2.53 bits per heavy atom. The van der Waals surface area contributed by atoms with E-state index in [0.717, 1.165) is 18.4 Å². The third-order valence-corrected chi connectivity index (χ3v) is 3.11. The fraction of sp³-hybridized carbons (Fsp3) is 0.917. The Bertz CT molecular complexity index is 216. The van der Waals surface area contributed by atoms with Crippen molar-refractivity contribution in [3.05, 3.63) is 0 Å². The van der Waals surface area contributed by atoms with E-state index in [1.165, 1.54) is 6.42 Å². The van der Waals surface area contributed by atoms with Gasteiger partial charge in [0.05, 0.1) is 13.2 Å². The number of nitrogens with zero attached hydrogens (tertiary/aromatic N) is 1. The van der Waals surface area contributed by atoms with Gasteiger partial charge >= 0.3 is 5.97 Å². The largest absolute Gasteiger partial charge is 0.465 e. The molecule has 3 heteroatoms. The molecule has 3 nitrogen and oxygen atoms in total. The molecule has 0 aliphatic heterocycles. The van der Waals surface area contributed by atoms with Crippen LogP contribution in [-0.2, 0) is 9.53 Å². The molecule has 1 rings (SSSR count). The van der Waals surface area contributed by atoms with Gasteiger partial charge in [-0.2, -0.15) is 0 Å². The predicted molar refractivity (Wildman–Crippen MR) is 60.6 cm³/mol. The minimum Gasteiger partial charge on any atom is -0.465 e. The minimum atomic E-state index is -0.0977. The van der Waals surface area contributed by atoms with Gasteiger partial charge in [0.2, 0.25) is 0 Å². The SMILES string of the molecule is CCOC(=O)CN(CC1CC1C)C(C)C. The van der Waals surface area contributed by atoms with E-state index in [0.29, 0.717) is 19.2 Å². The fourth-order valence-electron chi connectivity index (χ4n) is 1.79. The maximum atomic E-state index is 11.4. The molecule has 0 spiro atoms. The van der Waals surface area contributed by atoms with Crippen LogP contribution in [0.2, 0.25) is 0 Å². The lowest BCUT2D eigenvalue weighted by molar-refractivity contribution is -0.145. The molecule has 2 unspecified atom stereocenters. The Morgan fingerprint density at radius 2 is 2.13 bits per heavy atom. The van der Waals surface area contributed by atoms with E-state index in [4.69, 9.17) is 4.74 Å². The third kappa shape index (κ3) is 4.20. The molecule has 0 amide bonds. The molecular weight excluding hydrogens is 190 g/mol. The molecule has 0 N–H and O–H groups in total. The van der Waals surface area contributed by atoms with Crippen molar-refractivity contribution in [3.63, 3.8) is 0 Å². The van der Waals surface area contributed by atoms with Gasteiger partial charge in [0.15, 0.2) is 0 Å². The van der Waals surface area contributed by atoms with Crippen molar-refractivity contribution in [1.82, 2.24) is 4.90 Å². The highest BCUT2D eigenvalue weighted by Gasteiger charge is 2.34. The van der Waals surface area contributed by atoms with Crippen LogP contribution in [0.15, 0.2) is 0 Å². The molecule has 1 aliphatic rings. The number of rotatable bonds is 6. The summed E-state index contributed by atoms with van der Waals surface area (Å²) < 4.78 is 4.97. The number of esters is 1. The number of hydrogen-bond acceptors (Lipinski definition) is 3. The Kier molecular flexibility index (Phi) is 4.58. The van der Waals surface area contributed by atoms with Crippen molar-refractivity contribution in [2.45, 2.75) is 40.2 Å². The molecule has 88 valence electrons. The van der Waals surface area contributed by atoms with Gasteiger partial charge in [-0.25, -0.2) is 0 Å². The van der Waals surface area contributed by atoms with Crippen LogP contribution in [-0.4, -0.2) is 36.6 Å². The summed E-state index contributed by atoms with van der Waals surface area (Å²) in [5.74, 6) is 1.54. The lowest BCUT2D eigenvalue weighted by atomic mass is 10.2. The van der Waals surface area contributed by atoms with Crippen molar-refractivity contribution >= 4 is 5.97 Å². The zero-order chi connectivity index (χ0) is 11.4. The van der Waals surface area contributed by atoms with Crippen molar-refractivity contribution in [2.24, 2.45) is 11.8 Å². The number of carbonyl (C=O) groups excluding carboxylic acids is 1. The molecule has 0 saturated heterocycles. The van der Waals surface area contributed by atoms with Gasteiger partial charge in [-0.15, -0.1) is 0 Å². The quantitative estimate of drug-likeness (QED) is 0.631. The molecule has 0 radical (unpaired) electrons. The van der Waals surface area contributed by atoms with Gasteiger partial charge in [-0.05, 0) is 39.0 Å². The van der Waals surface area contributed by atoms with Gasteiger partial charge < -0.3 is 4.74 Å². The van der Waals surface area contributed by atoms with E-state index in [1.54, 1.807) is 0 Å². The van der Waals surface area contributed by atoms with Crippen LogP contribution in [0.25, 0.3) is 0 Å². The molecule has 0 aromatic rings. The van der Waals surface area contributed by atoms with Gasteiger partial charge in [-0.1, -0.05) is 6.92 Å². The molecule has 15 heavy (non-hydrogen) atoms. The highest BCUT2D eigenvalue weighted by Crippen LogP contribution is 2.38. The number of ether oxygens (including phenoxy) is 1. The summed E-state index contributed by atoms with van der Waals surface area (Å²) in [5.41, 5.74) is 0. The van der Waals surface area contributed by atoms with Crippen LogP contribution < -0.4 is 0 Å². The highest BCUT2D eigenvalue weighted by molar-refractivity contribution is 5.71. The first-order valence-electron chi connectivity index (χ1n) is 5.94. The summed E-state index contributed by atoms with van der Waals surface area (Å²) in [4.78, 5) is 13.6. The van der Waals surface area contributed by atoms with Crippen molar-refractivity contribution in [1.29, 1.82) is 0 Å². The van der Waals surface area contributed by atoms with E-state index >= 15 is 0 Å². The first-order valence-corrected chi connectivity index (χ1v) is 5.94. The van der Waals surface area contributed by atoms with Crippen LogP contribution >= 0.6 is 0 Å². The average molecular weight is 213 g/mol. The molecular formula is C12H23NO2. The Morgan fingerprint density at radius 1 is 1.53 bits per heavy atom. The maximum absolute atomic E-state index is 11.4. The van der Waals surface area contributed by atoms with Crippen LogP contribution in [0.1, 0.15) is 34.1 Å². The van der Waals surface area contributed by atoms with Crippen LogP contribution in [0, 0.1) is 11.8 Å². The Labute approximate surface area is 92.8 Å². The van der Waals surface area contributed by atoms with E-state index in [9.17, 15) is 4.79 Å². The fourth-order valence-corrected chi connectivity index (χ4v) is 1.79. The van der Waals surface area contributed by atoms with Crippen LogP contribution in [0.4, 0.5) is 0 Å². The van der Waals surface area contributed by atoms with E-state index < -0.39 is 0 Å². The van der Waals surface area contributed by atoms with Crippen LogP contribution in [0.3, 0.4) is 0 Å². The Balaban J connectivity index is 2.33. The summed E-state index contributed by atoms with van der Waals surface area (Å²) in [6.45, 7) is 10.3. The second-order valence-electron chi connectivity index (χ2n) is 4.80.